The normalized spacial score (nSPS) is 26.8. The molecular weight excluding hydrogens is 1290 g/mol. The molecule has 0 spiro atoms. The number of aliphatic hydroxyl groups excluding tert-OH is 11. The number of carbonyl (C=O) groups is 1. The smallest absolute Gasteiger partial charge is 0.220 e. The third kappa shape index (κ3) is 42.2. The lowest BCUT2D eigenvalue weighted by Crippen LogP contribution is -2.66. The highest BCUT2D eigenvalue weighted by Crippen LogP contribution is 2.33. The predicted molar refractivity (Wildman–Crippen MR) is 401 cm³/mol. The fraction of sp³-hybridized carbons (Fsp3) is 0.817. The number of hydrogen-bond acceptors (Lipinski definition) is 18. The van der Waals surface area contributed by atoms with Crippen molar-refractivity contribution in [3.8, 4) is 0 Å². The third-order valence-corrected chi connectivity index (χ3v) is 19.7. The van der Waals surface area contributed by atoms with E-state index >= 15 is 0 Å². The summed E-state index contributed by atoms with van der Waals surface area (Å²) in [4.78, 5) is 13.4. The van der Waals surface area contributed by atoms with Gasteiger partial charge in [0.25, 0.3) is 0 Å². The first-order chi connectivity index (χ1) is 49.3. The number of allylic oxidation sites excluding steroid dienone is 13. The van der Waals surface area contributed by atoms with E-state index in [2.05, 4.69) is 92.1 Å². The van der Waals surface area contributed by atoms with Gasteiger partial charge in [-0.25, -0.2) is 0 Å². The molecule has 17 unspecified atom stereocenters. The van der Waals surface area contributed by atoms with Crippen LogP contribution in [0.25, 0.3) is 0 Å². The Morgan fingerprint density at radius 3 is 1.11 bits per heavy atom. The molecule has 19 nitrogen and oxygen atoms in total. The van der Waals surface area contributed by atoms with Gasteiger partial charge in [0, 0.05) is 6.42 Å². The molecular formula is C82H145NO18. The maximum Gasteiger partial charge on any atom is 0.220 e. The van der Waals surface area contributed by atoms with E-state index in [0.717, 1.165) is 70.6 Å². The Labute approximate surface area is 610 Å². The molecule has 101 heavy (non-hydrogen) atoms. The number of rotatable bonds is 63. The van der Waals surface area contributed by atoms with Crippen molar-refractivity contribution in [3.05, 3.63) is 85.1 Å². The van der Waals surface area contributed by atoms with Crippen molar-refractivity contribution in [2.24, 2.45) is 0 Å². The van der Waals surface area contributed by atoms with Gasteiger partial charge < -0.3 is 89.9 Å². The van der Waals surface area contributed by atoms with Crippen molar-refractivity contribution in [2.75, 3.05) is 26.4 Å². The van der Waals surface area contributed by atoms with E-state index in [4.69, 9.17) is 28.4 Å². The lowest BCUT2D eigenvalue weighted by atomic mass is 9.96. The Hall–Kier alpha value is -3.03. The number of amides is 1. The summed E-state index contributed by atoms with van der Waals surface area (Å²) in [5.41, 5.74) is 0. The maximum atomic E-state index is 13.4. The zero-order valence-electron chi connectivity index (χ0n) is 62.6. The van der Waals surface area contributed by atoms with Gasteiger partial charge in [0.15, 0.2) is 18.9 Å². The predicted octanol–water partition coefficient (Wildman–Crippen LogP) is 13.4. The molecule has 3 saturated heterocycles. The van der Waals surface area contributed by atoms with E-state index in [1.165, 1.54) is 193 Å². The van der Waals surface area contributed by atoms with E-state index < -0.39 is 124 Å². The number of carbonyl (C=O) groups excluding carboxylic acids is 1. The molecule has 19 heteroatoms. The number of unbranched alkanes of at least 4 members (excludes halogenated alkanes) is 35. The van der Waals surface area contributed by atoms with Gasteiger partial charge in [0.1, 0.15) is 73.2 Å². The molecule has 0 aliphatic carbocycles. The van der Waals surface area contributed by atoms with E-state index in [9.17, 15) is 61.0 Å². The molecule has 1 amide bonds. The molecule has 0 radical (unpaired) electrons. The maximum absolute atomic E-state index is 13.4. The van der Waals surface area contributed by atoms with Crippen LogP contribution in [0.15, 0.2) is 85.1 Å². The van der Waals surface area contributed by atoms with Crippen molar-refractivity contribution in [1.82, 2.24) is 5.32 Å². The van der Waals surface area contributed by atoms with Crippen LogP contribution in [0.5, 0.6) is 0 Å². The number of ether oxygens (including phenoxy) is 6. The van der Waals surface area contributed by atoms with Gasteiger partial charge in [-0.2, -0.15) is 0 Å². The zero-order valence-corrected chi connectivity index (χ0v) is 62.6. The lowest BCUT2D eigenvalue weighted by Gasteiger charge is -2.48. The highest BCUT2D eigenvalue weighted by atomic mass is 16.8. The van der Waals surface area contributed by atoms with Crippen LogP contribution < -0.4 is 5.32 Å². The average molecular weight is 1430 g/mol. The molecule has 3 aliphatic heterocycles. The molecule has 0 saturated carbocycles. The molecule has 12 N–H and O–H groups in total. The van der Waals surface area contributed by atoms with Crippen LogP contribution in [0.4, 0.5) is 0 Å². The van der Waals surface area contributed by atoms with Crippen LogP contribution >= 0.6 is 0 Å². The molecule has 3 heterocycles. The van der Waals surface area contributed by atoms with E-state index in [1.54, 1.807) is 6.08 Å². The van der Waals surface area contributed by atoms with Crippen molar-refractivity contribution in [1.29, 1.82) is 0 Å². The minimum absolute atomic E-state index is 0.237. The molecule has 3 fully saturated rings. The van der Waals surface area contributed by atoms with Crippen LogP contribution in [0.2, 0.25) is 0 Å². The van der Waals surface area contributed by atoms with Gasteiger partial charge in [0.05, 0.1) is 38.6 Å². The largest absolute Gasteiger partial charge is 0.394 e. The van der Waals surface area contributed by atoms with Crippen molar-refractivity contribution >= 4 is 5.91 Å². The molecule has 17 atom stereocenters. The van der Waals surface area contributed by atoms with Gasteiger partial charge in [-0.05, 0) is 77.0 Å². The zero-order chi connectivity index (χ0) is 73.2. The quantitative estimate of drug-likeness (QED) is 0.0199. The van der Waals surface area contributed by atoms with Gasteiger partial charge in [0.2, 0.25) is 5.91 Å². The SMILES string of the molecule is CC/C=C\C/C=C\C/C=C\C/C=C\C/C=C\CCCCCCCCCCCCCCCCCCCCCCCCCCCC(=O)NC(COC1OC(CO)C(OC2OC(CO)C(OC3OC(CO)C(O)C(O)C3O)C(O)C2O)C(O)C1O)C(O)/C=C/CC/C=C/CCCCCCCCCCC. The molecule has 3 aliphatic rings. The molecule has 586 valence electrons. The Bertz CT molecular complexity index is 2150. The monoisotopic (exact) mass is 1430 g/mol. The number of hydrogen-bond donors (Lipinski definition) is 12. The average Bonchev–Trinajstić information content (AvgIpc) is 0.782. The standard InChI is InChI=1S/C82H145NO18/c1-3-5-7-9-11-13-15-17-19-20-21-22-23-24-25-26-27-28-29-30-31-32-33-34-35-36-37-38-39-40-41-42-43-44-46-48-50-52-54-56-58-60-70(88)83-65(66(87)59-57-55-53-51-49-47-45-18-16-14-12-10-8-6-4-2)64-96-80-76(94)73(91)78(68(62-85)98-80)101-82-77(95)74(92)79(69(63-86)99-82)100-81-75(93)72(90)71(89)67(61-84)97-81/h5,7,11,13,17,19,21-22,24-25,49,51,57,59,65-69,71-82,84-87,89-95H,3-4,6,8-10,12,14-16,18,20,23,26-48,50,52-56,58,60-64H2,1-2H3,(H,83,88)/b7-5-,13-11-,19-17-,22-21-,25-24-,51-49+,59-57+. The van der Waals surface area contributed by atoms with E-state index in [-0.39, 0.29) is 18.9 Å². The fourth-order valence-corrected chi connectivity index (χ4v) is 13.2. The van der Waals surface area contributed by atoms with Gasteiger partial charge >= 0.3 is 0 Å². The first kappa shape index (κ1) is 92.2. The Kier molecular flexibility index (Phi) is 56.6. The lowest BCUT2D eigenvalue weighted by molar-refractivity contribution is -0.379. The number of nitrogens with one attached hydrogen (secondary N) is 1. The van der Waals surface area contributed by atoms with Crippen LogP contribution in [0.1, 0.15) is 296 Å². The second kappa shape index (κ2) is 62.1. The second-order valence-electron chi connectivity index (χ2n) is 28.5. The summed E-state index contributed by atoms with van der Waals surface area (Å²) < 4.78 is 34.4. The molecule has 0 aromatic rings. The Balaban J connectivity index is 1.28. The van der Waals surface area contributed by atoms with Gasteiger partial charge in [-0.1, -0.05) is 298 Å². The summed E-state index contributed by atoms with van der Waals surface area (Å²) in [6, 6.07) is -0.991. The summed E-state index contributed by atoms with van der Waals surface area (Å²) in [5.74, 6) is -0.283. The van der Waals surface area contributed by atoms with Crippen molar-refractivity contribution < 1.29 is 89.4 Å². The first-order valence-electron chi connectivity index (χ1n) is 40.3. The van der Waals surface area contributed by atoms with E-state index in [0.29, 0.717) is 12.8 Å². The molecule has 0 aromatic carbocycles. The Morgan fingerprint density at radius 2 is 0.693 bits per heavy atom. The first-order valence-corrected chi connectivity index (χ1v) is 40.3. The summed E-state index contributed by atoms with van der Waals surface area (Å²) in [6.45, 7) is 1.61. The van der Waals surface area contributed by atoms with E-state index in [1.807, 2.05) is 6.08 Å². The summed E-state index contributed by atoms with van der Waals surface area (Å²) in [6.07, 6.45) is 56.0. The van der Waals surface area contributed by atoms with Crippen LogP contribution in [0.3, 0.4) is 0 Å². The fourth-order valence-electron chi connectivity index (χ4n) is 13.2. The summed E-state index contributed by atoms with van der Waals surface area (Å²) in [5, 5.41) is 121. The van der Waals surface area contributed by atoms with Gasteiger partial charge in [-0.15, -0.1) is 0 Å². The molecule has 0 bridgehead atoms. The highest BCUT2D eigenvalue weighted by molar-refractivity contribution is 5.76. The minimum atomic E-state index is -1.98. The Morgan fingerprint density at radius 1 is 0.366 bits per heavy atom. The minimum Gasteiger partial charge on any atom is -0.394 e. The topological polar surface area (TPSA) is 307 Å². The third-order valence-electron chi connectivity index (χ3n) is 19.7. The second-order valence-corrected chi connectivity index (χ2v) is 28.5. The van der Waals surface area contributed by atoms with Gasteiger partial charge in [-0.3, -0.25) is 4.79 Å². The van der Waals surface area contributed by atoms with Crippen LogP contribution in [-0.2, 0) is 33.2 Å². The molecule has 0 aromatic heterocycles. The van der Waals surface area contributed by atoms with Crippen LogP contribution in [-0.4, -0.2) is 193 Å². The van der Waals surface area contributed by atoms with Crippen LogP contribution in [0, 0.1) is 0 Å². The highest BCUT2D eigenvalue weighted by Gasteiger charge is 2.54. The summed E-state index contributed by atoms with van der Waals surface area (Å²) in [7, 11) is 0. The van der Waals surface area contributed by atoms with Crippen molar-refractivity contribution in [2.45, 2.75) is 401 Å². The van der Waals surface area contributed by atoms with Crippen molar-refractivity contribution in [3.63, 3.8) is 0 Å². The molecule has 3 rings (SSSR count). The number of aliphatic hydroxyl groups is 11. The summed E-state index contributed by atoms with van der Waals surface area (Å²) >= 11 is 0.